The Kier molecular flexibility index (Phi) is 2.44. The van der Waals surface area contributed by atoms with E-state index in [4.69, 9.17) is 4.74 Å². The molecule has 2 heteroatoms. The van der Waals surface area contributed by atoms with Gasteiger partial charge in [0.2, 0.25) is 0 Å². The smallest absolute Gasteiger partial charge is 0.131 e. The molecule has 0 radical (unpaired) electrons. The van der Waals surface area contributed by atoms with Crippen molar-refractivity contribution in [3.8, 4) is 11.5 Å². The van der Waals surface area contributed by atoms with E-state index in [0.717, 1.165) is 24.5 Å². The number of phenolic OH excluding ortho intramolecular Hbond substituents is 1. The molecule has 0 bridgehead atoms. The van der Waals surface area contributed by atoms with Crippen LogP contribution in [0.15, 0.2) is 23.8 Å². The normalized spacial score (nSPS) is 25.2. The molecule has 0 saturated heterocycles. The van der Waals surface area contributed by atoms with Crippen LogP contribution in [0.1, 0.15) is 45.6 Å². The highest BCUT2D eigenvalue weighted by molar-refractivity contribution is 5.77. The third-order valence-corrected chi connectivity index (χ3v) is 4.19. The van der Waals surface area contributed by atoms with Crippen LogP contribution in [-0.2, 0) is 0 Å². The van der Waals surface area contributed by atoms with Gasteiger partial charge in [-0.05, 0) is 62.3 Å². The molecule has 1 aliphatic carbocycles. The number of benzene rings is 1. The molecule has 1 aliphatic heterocycles. The molecule has 1 heterocycles. The molecular formula is C16H20O2. The maximum Gasteiger partial charge on any atom is 0.131 e. The lowest BCUT2D eigenvalue weighted by Crippen LogP contribution is -2.36. The van der Waals surface area contributed by atoms with Crippen molar-refractivity contribution < 1.29 is 9.84 Å². The van der Waals surface area contributed by atoms with Crippen molar-refractivity contribution in [2.24, 2.45) is 5.92 Å². The van der Waals surface area contributed by atoms with Crippen molar-refractivity contribution in [3.05, 3.63) is 29.3 Å². The van der Waals surface area contributed by atoms with Gasteiger partial charge in [-0.2, -0.15) is 0 Å². The van der Waals surface area contributed by atoms with Gasteiger partial charge in [0.05, 0.1) is 0 Å². The van der Waals surface area contributed by atoms with E-state index in [1.807, 2.05) is 6.07 Å². The minimum atomic E-state index is -0.240. The molecule has 0 saturated carbocycles. The zero-order valence-corrected chi connectivity index (χ0v) is 11.3. The van der Waals surface area contributed by atoms with E-state index in [2.05, 4.69) is 20.8 Å². The molecule has 0 amide bonds. The monoisotopic (exact) mass is 244 g/mol. The van der Waals surface area contributed by atoms with Crippen molar-refractivity contribution in [1.29, 1.82) is 0 Å². The molecule has 96 valence electrons. The Balaban J connectivity index is 2.18. The number of hydrogen-bond donors (Lipinski definition) is 1. The number of ether oxygens (including phenoxy) is 1. The molecule has 3 rings (SSSR count). The van der Waals surface area contributed by atoms with Crippen LogP contribution in [0.2, 0.25) is 0 Å². The van der Waals surface area contributed by atoms with Crippen LogP contribution in [0.3, 0.4) is 0 Å². The van der Waals surface area contributed by atoms with Gasteiger partial charge < -0.3 is 9.84 Å². The summed E-state index contributed by atoms with van der Waals surface area (Å²) in [4.78, 5) is 0. The summed E-state index contributed by atoms with van der Waals surface area (Å²) in [7, 11) is 0. The fraction of sp³-hybridized carbons (Fsp3) is 0.500. The van der Waals surface area contributed by atoms with Gasteiger partial charge in [0.1, 0.15) is 17.1 Å². The molecule has 1 aromatic carbocycles. The first-order valence-corrected chi connectivity index (χ1v) is 6.72. The van der Waals surface area contributed by atoms with E-state index in [1.54, 1.807) is 12.1 Å². The average Bonchev–Trinajstić information content (AvgIpc) is 2.27. The Bertz CT molecular complexity index is 526. The van der Waals surface area contributed by atoms with E-state index in [-0.39, 0.29) is 11.4 Å². The topological polar surface area (TPSA) is 29.5 Å². The van der Waals surface area contributed by atoms with Crippen molar-refractivity contribution >= 4 is 5.57 Å². The lowest BCUT2D eigenvalue weighted by atomic mass is 9.74. The fourth-order valence-corrected chi connectivity index (χ4v) is 3.23. The van der Waals surface area contributed by atoms with Gasteiger partial charge >= 0.3 is 0 Å². The van der Waals surface area contributed by atoms with E-state index >= 15 is 0 Å². The highest BCUT2D eigenvalue weighted by atomic mass is 16.5. The second kappa shape index (κ2) is 3.78. The molecule has 18 heavy (non-hydrogen) atoms. The largest absolute Gasteiger partial charge is 0.508 e. The van der Waals surface area contributed by atoms with E-state index < -0.39 is 0 Å². The molecule has 1 N–H and O–H groups in total. The summed E-state index contributed by atoms with van der Waals surface area (Å²) in [5.41, 5.74) is 3.82. The molecule has 1 atom stereocenters. The summed E-state index contributed by atoms with van der Waals surface area (Å²) < 4.78 is 6.09. The van der Waals surface area contributed by atoms with Gasteiger partial charge in [0.25, 0.3) is 0 Å². The molecule has 0 spiro atoms. The zero-order valence-electron chi connectivity index (χ0n) is 11.3. The fourth-order valence-electron chi connectivity index (χ4n) is 3.23. The van der Waals surface area contributed by atoms with E-state index in [1.165, 1.54) is 23.1 Å². The van der Waals surface area contributed by atoms with Crippen LogP contribution < -0.4 is 4.74 Å². The van der Waals surface area contributed by atoms with E-state index in [9.17, 15) is 5.11 Å². The Morgan fingerprint density at radius 1 is 1.33 bits per heavy atom. The lowest BCUT2D eigenvalue weighted by Gasteiger charge is -2.40. The Morgan fingerprint density at radius 2 is 2.11 bits per heavy atom. The van der Waals surface area contributed by atoms with E-state index in [0.29, 0.717) is 0 Å². The number of aromatic hydroxyl groups is 1. The summed E-state index contributed by atoms with van der Waals surface area (Å²) >= 11 is 0. The first-order valence-electron chi connectivity index (χ1n) is 6.72. The third kappa shape index (κ3) is 1.71. The third-order valence-electron chi connectivity index (χ3n) is 4.19. The zero-order chi connectivity index (χ0) is 12.9. The number of hydrogen-bond acceptors (Lipinski definition) is 2. The van der Waals surface area contributed by atoms with Crippen LogP contribution in [0, 0.1) is 5.92 Å². The van der Waals surface area contributed by atoms with Crippen molar-refractivity contribution in [2.45, 2.75) is 45.6 Å². The maximum absolute atomic E-state index is 9.61. The number of rotatable bonds is 0. The molecule has 0 unspecified atom stereocenters. The standard InChI is InChI=1S/C16H20O2/c1-10-4-7-14-13(8-10)12-6-5-11(17)9-15(12)18-16(14,2)3/h5-6,9-10,17H,4,7-8H2,1-3H3/t10-/m0/s1. The number of phenols is 1. The van der Waals surface area contributed by atoms with Crippen LogP contribution in [0.5, 0.6) is 11.5 Å². The minimum Gasteiger partial charge on any atom is -0.508 e. The van der Waals surface area contributed by atoms with Gasteiger partial charge in [-0.1, -0.05) is 6.92 Å². The summed E-state index contributed by atoms with van der Waals surface area (Å²) in [5.74, 6) is 1.84. The quantitative estimate of drug-likeness (QED) is 0.743. The molecule has 0 aromatic heterocycles. The predicted molar refractivity (Wildman–Crippen MR) is 72.7 cm³/mol. The van der Waals surface area contributed by atoms with Crippen molar-refractivity contribution in [3.63, 3.8) is 0 Å². The van der Waals surface area contributed by atoms with Crippen LogP contribution in [0.25, 0.3) is 5.57 Å². The second-order valence-corrected chi connectivity index (χ2v) is 6.10. The second-order valence-electron chi connectivity index (χ2n) is 6.10. The van der Waals surface area contributed by atoms with Crippen LogP contribution in [0.4, 0.5) is 0 Å². The maximum atomic E-state index is 9.61. The summed E-state index contributed by atoms with van der Waals surface area (Å²) in [6.07, 6.45) is 3.50. The highest BCUT2D eigenvalue weighted by Gasteiger charge is 2.37. The predicted octanol–water partition coefficient (Wildman–Crippen LogP) is 4.14. The van der Waals surface area contributed by atoms with Crippen LogP contribution >= 0.6 is 0 Å². The van der Waals surface area contributed by atoms with Gasteiger partial charge in [-0.25, -0.2) is 0 Å². The number of fused-ring (bicyclic) bond motifs is 2. The SMILES string of the molecule is C[C@H]1CCC2=C(C1)c1ccc(O)cc1OC2(C)C. The molecule has 2 aliphatic rings. The Labute approximate surface area is 108 Å². The molecular weight excluding hydrogens is 224 g/mol. The Hall–Kier alpha value is -1.44. The first kappa shape index (κ1) is 11.6. The van der Waals surface area contributed by atoms with Gasteiger partial charge in [-0.15, -0.1) is 0 Å². The average molecular weight is 244 g/mol. The van der Waals surface area contributed by atoms with Gasteiger partial charge in [0.15, 0.2) is 0 Å². The highest BCUT2D eigenvalue weighted by Crippen LogP contribution is 2.48. The van der Waals surface area contributed by atoms with Crippen LogP contribution in [-0.4, -0.2) is 10.7 Å². The molecule has 1 aromatic rings. The van der Waals surface area contributed by atoms with Crippen molar-refractivity contribution in [2.75, 3.05) is 0 Å². The molecule has 2 nitrogen and oxygen atoms in total. The van der Waals surface area contributed by atoms with Gasteiger partial charge in [0, 0.05) is 11.6 Å². The molecule has 0 fully saturated rings. The minimum absolute atomic E-state index is 0.240. The first-order chi connectivity index (χ1) is 8.47. The summed E-state index contributed by atoms with van der Waals surface area (Å²) in [6, 6.07) is 5.48. The summed E-state index contributed by atoms with van der Waals surface area (Å²) in [5, 5.41) is 9.61. The summed E-state index contributed by atoms with van der Waals surface area (Å²) in [6.45, 7) is 6.57. The van der Waals surface area contributed by atoms with Crippen molar-refractivity contribution in [1.82, 2.24) is 0 Å². The number of allylic oxidation sites excluding steroid dienone is 1. The lowest BCUT2D eigenvalue weighted by molar-refractivity contribution is 0.135. The van der Waals surface area contributed by atoms with Gasteiger partial charge in [-0.3, -0.25) is 0 Å². The Morgan fingerprint density at radius 3 is 2.89 bits per heavy atom.